The van der Waals surface area contributed by atoms with Crippen LogP contribution >= 0.6 is 0 Å². The van der Waals surface area contributed by atoms with Crippen LogP contribution in [-0.4, -0.2) is 54.6 Å². The van der Waals surface area contributed by atoms with E-state index in [0.717, 1.165) is 38.2 Å². The Morgan fingerprint density at radius 3 is 2.67 bits per heavy atom. The topological polar surface area (TPSA) is 81.7 Å². The van der Waals surface area contributed by atoms with Gasteiger partial charge < -0.3 is 15.7 Å². The highest BCUT2D eigenvalue weighted by Crippen LogP contribution is 2.10. The van der Waals surface area contributed by atoms with Crippen LogP contribution in [-0.2, 0) is 16.0 Å². The van der Waals surface area contributed by atoms with Crippen molar-refractivity contribution in [3.63, 3.8) is 0 Å². The van der Waals surface area contributed by atoms with E-state index in [2.05, 4.69) is 15.5 Å². The number of carbonyl (C=O) groups excluding carboxylic acids is 1. The molecule has 1 aromatic rings. The van der Waals surface area contributed by atoms with Gasteiger partial charge in [-0.25, -0.2) is 0 Å². The zero-order chi connectivity index (χ0) is 15.1. The fourth-order valence-corrected chi connectivity index (χ4v) is 2.34. The molecule has 2 rings (SSSR count). The van der Waals surface area contributed by atoms with Crippen LogP contribution in [0.2, 0.25) is 0 Å². The second-order valence-corrected chi connectivity index (χ2v) is 5.20. The lowest BCUT2D eigenvalue weighted by Crippen LogP contribution is -2.35. The summed E-state index contributed by atoms with van der Waals surface area (Å²) in [5.41, 5.74) is 1.42. The third kappa shape index (κ3) is 5.53. The molecule has 21 heavy (non-hydrogen) atoms. The van der Waals surface area contributed by atoms with Gasteiger partial charge in [-0.05, 0) is 37.2 Å². The summed E-state index contributed by atoms with van der Waals surface area (Å²) in [4.78, 5) is 24.7. The summed E-state index contributed by atoms with van der Waals surface area (Å²) in [7, 11) is 0. The largest absolute Gasteiger partial charge is 0.481 e. The highest BCUT2D eigenvalue weighted by molar-refractivity contribution is 5.92. The van der Waals surface area contributed by atoms with E-state index < -0.39 is 5.97 Å². The molecule has 0 unspecified atom stereocenters. The lowest BCUT2D eigenvalue weighted by molar-refractivity contribution is -0.136. The summed E-state index contributed by atoms with van der Waals surface area (Å²) in [5.74, 6) is -0.899. The van der Waals surface area contributed by atoms with Gasteiger partial charge in [0.15, 0.2) is 0 Å². The van der Waals surface area contributed by atoms with Crippen molar-refractivity contribution in [3.05, 3.63) is 29.8 Å². The first-order valence-corrected chi connectivity index (χ1v) is 7.17. The highest BCUT2D eigenvalue weighted by Gasteiger charge is 2.12. The Hall–Kier alpha value is -1.92. The molecule has 0 spiro atoms. The third-order valence-corrected chi connectivity index (χ3v) is 3.39. The molecule has 0 saturated carbocycles. The van der Waals surface area contributed by atoms with Crippen molar-refractivity contribution in [1.82, 2.24) is 10.2 Å². The second kappa shape index (κ2) is 7.75. The molecule has 1 fully saturated rings. The number of nitrogens with one attached hydrogen (secondary N) is 2. The third-order valence-electron chi connectivity index (χ3n) is 3.39. The van der Waals surface area contributed by atoms with Crippen molar-refractivity contribution in [3.8, 4) is 0 Å². The van der Waals surface area contributed by atoms with Crippen molar-refractivity contribution in [1.29, 1.82) is 0 Å². The molecule has 3 N–H and O–H groups in total. The van der Waals surface area contributed by atoms with Gasteiger partial charge in [-0.15, -0.1) is 0 Å². The van der Waals surface area contributed by atoms with Gasteiger partial charge in [0.05, 0.1) is 13.0 Å². The van der Waals surface area contributed by atoms with E-state index in [1.54, 1.807) is 24.3 Å². The number of aliphatic carboxylic acids is 1. The molecule has 0 aliphatic carbocycles. The standard InChI is InChI=1S/C15H21N3O3/c19-14(11-18-8-1-6-16-7-9-18)17-13-4-2-12(3-5-13)10-15(20)21/h2-5,16H,1,6-11H2,(H,17,19)(H,20,21). The summed E-state index contributed by atoms with van der Waals surface area (Å²) in [5, 5.41) is 14.8. The molecule has 1 amide bonds. The number of amides is 1. The van der Waals surface area contributed by atoms with E-state index >= 15 is 0 Å². The summed E-state index contributed by atoms with van der Waals surface area (Å²) in [6.07, 6.45) is 1.05. The number of carbonyl (C=O) groups is 2. The summed E-state index contributed by atoms with van der Waals surface area (Å²) in [6.45, 7) is 4.11. The van der Waals surface area contributed by atoms with Gasteiger partial charge in [0, 0.05) is 18.8 Å². The van der Waals surface area contributed by atoms with Crippen molar-refractivity contribution in [2.45, 2.75) is 12.8 Å². The molecular weight excluding hydrogens is 270 g/mol. The molecule has 1 aliphatic heterocycles. The molecule has 1 heterocycles. The average molecular weight is 291 g/mol. The Labute approximate surface area is 124 Å². The molecule has 1 aromatic carbocycles. The number of anilines is 1. The number of hydrogen-bond acceptors (Lipinski definition) is 4. The van der Waals surface area contributed by atoms with Gasteiger partial charge in [-0.3, -0.25) is 14.5 Å². The Morgan fingerprint density at radius 1 is 1.19 bits per heavy atom. The number of carboxylic acids is 1. The number of hydrogen-bond donors (Lipinski definition) is 3. The van der Waals surface area contributed by atoms with Gasteiger partial charge in [0.1, 0.15) is 0 Å². The molecule has 0 atom stereocenters. The fraction of sp³-hybridized carbons (Fsp3) is 0.467. The quantitative estimate of drug-likeness (QED) is 0.738. The minimum absolute atomic E-state index is 0.00496. The molecule has 1 aliphatic rings. The Balaban J connectivity index is 1.82. The molecule has 6 heteroatoms. The molecule has 0 bridgehead atoms. The van der Waals surface area contributed by atoms with Gasteiger partial charge in [0.25, 0.3) is 0 Å². The van der Waals surface area contributed by atoms with Crippen LogP contribution in [0.25, 0.3) is 0 Å². The lowest BCUT2D eigenvalue weighted by Gasteiger charge is -2.18. The van der Waals surface area contributed by atoms with Crippen LogP contribution in [0.3, 0.4) is 0 Å². The smallest absolute Gasteiger partial charge is 0.307 e. The number of carboxylic acid groups (broad SMARTS) is 1. The van der Waals surface area contributed by atoms with E-state index in [0.29, 0.717) is 12.2 Å². The van der Waals surface area contributed by atoms with Crippen molar-refractivity contribution in [2.24, 2.45) is 0 Å². The SMILES string of the molecule is O=C(O)Cc1ccc(NC(=O)CN2CCCNCC2)cc1. The van der Waals surface area contributed by atoms with Crippen LogP contribution in [0.5, 0.6) is 0 Å². The van der Waals surface area contributed by atoms with Crippen LogP contribution in [0.4, 0.5) is 5.69 Å². The Morgan fingerprint density at radius 2 is 1.95 bits per heavy atom. The molecule has 1 saturated heterocycles. The zero-order valence-corrected chi connectivity index (χ0v) is 12.0. The fourth-order valence-electron chi connectivity index (χ4n) is 2.34. The minimum Gasteiger partial charge on any atom is -0.481 e. The molecular formula is C15H21N3O3. The maximum absolute atomic E-state index is 12.0. The number of nitrogens with zero attached hydrogens (tertiary/aromatic N) is 1. The van der Waals surface area contributed by atoms with Crippen molar-refractivity contribution >= 4 is 17.6 Å². The van der Waals surface area contributed by atoms with Gasteiger partial charge in [-0.2, -0.15) is 0 Å². The first-order valence-electron chi connectivity index (χ1n) is 7.17. The molecule has 0 aromatic heterocycles. The van der Waals surface area contributed by atoms with E-state index in [1.807, 2.05) is 0 Å². The van der Waals surface area contributed by atoms with Gasteiger partial charge >= 0.3 is 5.97 Å². The molecule has 114 valence electrons. The maximum atomic E-state index is 12.0. The van der Waals surface area contributed by atoms with Crippen LogP contribution in [0.1, 0.15) is 12.0 Å². The molecule has 0 radical (unpaired) electrons. The first kappa shape index (κ1) is 15.5. The predicted molar refractivity (Wildman–Crippen MR) is 80.3 cm³/mol. The van der Waals surface area contributed by atoms with Gasteiger partial charge in [-0.1, -0.05) is 12.1 Å². The monoisotopic (exact) mass is 291 g/mol. The summed E-state index contributed by atoms with van der Waals surface area (Å²) in [6, 6.07) is 6.92. The normalized spacial score (nSPS) is 16.2. The Kier molecular flexibility index (Phi) is 5.71. The number of benzene rings is 1. The van der Waals surface area contributed by atoms with E-state index in [-0.39, 0.29) is 12.3 Å². The van der Waals surface area contributed by atoms with Crippen molar-refractivity contribution in [2.75, 3.05) is 38.0 Å². The zero-order valence-electron chi connectivity index (χ0n) is 12.0. The Bertz CT molecular complexity index is 479. The van der Waals surface area contributed by atoms with Crippen LogP contribution in [0.15, 0.2) is 24.3 Å². The van der Waals surface area contributed by atoms with Crippen molar-refractivity contribution < 1.29 is 14.7 Å². The van der Waals surface area contributed by atoms with E-state index in [4.69, 9.17) is 5.11 Å². The summed E-state index contributed by atoms with van der Waals surface area (Å²) >= 11 is 0. The summed E-state index contributed by atoms with van der Waals surface area (Å²) < 4.78 is 0. The highest BCUT2D eigenvalue weighted by atomic mass is 16.4. The lowest BCUT2D eigenvalue weighted by atomic mass is 10.1. The minimum atomic E-state index is -0.860. The average Bonchev–Trinajstić information content (AvgIpc) is 2.69. The predicted octanol–water partition coefficient (Wildman–Crippen LogP) is 0.548. The second-order valence-electron chi connectivity index (χ2n) is 5.20. The number of rotatable bonds is 5. The van der Waals surface area contributed by atoms with E-state index in [1.165, 1.54) is 0 Å². The maximum Gasteiger partial charge on any atom is 0.307 e. The van der Waals surface area contributed by atoms with Crippen LogP contribution in [0, 0.1) is 0 Å². The van der Waals surface area contributed by atoms with Crippen LogP contribution < -0.4 is 10.6 Å². The van der Waals surface area contributed by atoms with Gasteiger partial charge in [0.2, 0.25) is 5.91 Å². The van der Waals surface area contributed by atoms with E-state index in [9.17, 15) is 9.59 Å². The first-order chi connectivity index (χ1) is 10.1. The molecule has 6 nitrogen and oxygen atoms in total.